The van der Waals surface area contributed by atoms with Gasteiger partial charge < -0.3 is 4.90 Å². The summed E-state index contributed by atoms with van der Waals surface area (Å²) in [5.74, 6) is 3.04. The molecule has 0 N–H and O–H groups in total. The molecule has 2 saturated carbocycles. The van der Waals surface area contributed by atoms with E-state index in [4.69, 9.17) is 0 Å². The molecule has 4 rings (SSSR count). The van der Waals surface area contributed by atoms with E-state index in [1.54, 1.807) is 0 Å². The Labute approximate surface area is 164 Å². The summed E-state index contributed by atoms with van der Waals surface area (Å²) in [5, 5.41) is 0. The molecule has 1 spiro atoms. The van der Waals surface area contributed by atoms with Gasteiger partial charge in [0, 0.05) is 36.2 Å². The van der Waals surface area contributed by atoms with Crippen LogP contribution in [0.5, 0.6) is 0 Å². The van der Waals surface area contributed by atoms with Crippen LogP contribution in [-0.4, -0.2) is 39.8 Å². The van der Waals surface area contributed by atoms with Crippen molar-refractivity contribution >= 4 is 5.78 Å². The van der Waals surface area contributed by atoms with E-state index in [9.17, 15) is 4.79 Å². The van der Waals surface area contributed by atoms with Gasteiger partial charge in [0.25, 0.3) is 0 Å². The van der Waals surface area contributed by atoms with E-state index in [0.29, 0.717) is 29.0 Å². The zero-order chi connectivity index (χ0) is 19.2. The summed E-state index contributed by atoms with van der Waals surface area (Å²) in [4.78, 5) is 24.0. The summed E-state index contributed by atoms with van der Waals surface area (Å²) >= 11 is 0. The molecule has 1 saturated heterocycles. The topological polar surface area (TPSA) is 46.1 Å². The van der Waals surface area contributed by atoms with Crippen molar-refractivity contribution in [1.82, 2.24) is 14.9 Å². The molecule has 1 aliphatic heterocycles. The highest BCUT2D eigenvalue weighted by atomic mass is 16.1. The number of piperidine rings is 1. The van der Waals surface area contributed by atoms with Crippen LogP contribution < -0.4 is 0 Å². The predicted octanol–water partition coefficient (Wildman–Crippen LogP) is 4.56. The molecular weight excluding hydrogens is 334 g/mol. The summed E-state index contributed by atoms with van der Waals surface area (Å²) in [6.07, 6.45) is 11.5. The molecule has 0 atom stereocenters. The van der Waals surface area contributed by atoms with Crippen LogP contribution >= 0.6 is 0 Å². The first-order valence-corrected chi connectivity index (χ1v) is 11.0. The van der Waals surface area contributed by atoms with Crippen molar-refractivity contribution in [3.63, 3.8) is 0 Å². The predicted molar refractivity (Wildman–Crippen MR) is 108 cm³/mol. The molecular formula is C23H35N3O. The van der Waals surface area contributed by atoms with Crippen LogP contribution in [0, 0.1) is 17.3 Å². The van der Waals surface area contributed by atoms with Crippen molar-refractivity contribution in [3.05, 3.63) is 23.8 Å². The SMILES string of the molecule is CC(C)C(=O)C1CC2(C1)CC(N1CCC(c3cnc(C(C)C)nc3)CC1)C2. The third-order valence-corrected chi connectivity index (χ3v) is 7.39. The van der Waals surface area contributed by atoms with Crippen LogP contribution in [0.1, 0.15) is 89.4 Å². The third-order valence-electron chi connectivity index (χ3n) is 7.39. The van der Waals surface area contributed by atoms with E-state index in [0.717, 1.165) is 24.7 Å². The fourth-order valence-electron chi connectivity index (χ4n) is 5.64. The van der Waals surface area contributed by atoms with Gasteiger partial charge in [-0.2, -0.15) is 0 Å². The second-order valence-corrected chi connectivity index (χ2v) is 10.1. The van der Waals surface area contributed by atoms with Crippen LogP contribution in [-0.2, 0) is 4.79 Å². The maximum atomic E-state index is 12.1. The third kappa shape index (κ3) is 3.70. The Morgan fingerprint density at radius 1 is 1.04 bits per heavy atom. The van der Waals surface area contributed by atoms with Gasteiger partial charge >= 0.3 is 0 Å². The molecule has 3 aliphatic rings. The Kier molecular flexibility index (Phi) is 5.13. The van der Waals surface area contributed by atoms with E-state index in [-0.39, 0.29) is 5.92 Å². The zero-order valence-electron chi connectivity index (χ0n) is 17.4. The molecule has 2 heterocycles. The number of aromatic nitrogens is 2. The highest BCUT2D eigenvalue weighted by molar-refractivity contribution is 5.83. The van der Waals surface area contributed by atoms with Gasteiger partial charge in [-0.1, -0.05) is 27.7 Å². The highest BCUT2D eigenvalue weighted by Crippen LogP contribution is 2.60. The lowest BCUT2D eigenvalue weighted by atomic mass is 9.48. The number of nitrogens with zero attached hydrogens (tertiary/aromatic N) is 3. The zero-order valence-corrected chi connectivity index (χ0v) is 17.4. The average Bonchev–Trinajstić information content (AvgIpc) is 2.59. The van der Waals surface area contributed by atoms with Gasteiger partial charge in [-0.05, 0) is 68.5 Å². The van der Waals surface area contributed by atoms with Crippen molar-refractivity contribution in [2.24, 2.45) is 17.3 Å². The molecule has 0 aromatic carbocycles. The molecule has 2 aliphatic carbocycles. The number of ketones is 1. The van der Waals surface area contributed by atoms with Gasteiger partial charge in [0.15, 0.2) is 0 Å². The van der Waals surface area contributed by atoms with Crippen molar-refractivity contribution in [2.75, 3.05) is 13.1 Å². The van der Waals surface area contributed by atoms with Crippen molar-refractivity contribution in [2.45, 2.75) is 84.1 Å². The maximum absolute atomic E-state index is 12.1. The maximum Gasteiger partial charge on any atom is 0.138 e. The van der Waals surface area contributed by atoms with E-state index in [1.807, 2.05) is 13.8 Å². The van der Waals surface area contributed by atoms with Crippen LogP contribution in [0.25, 0.3) is 0 Å². The lowest BCUT2D eigenvalue weighted by molar-refractivity contribution is -0.144. The largest absolute Gasteiger partial charge is 0.300 e. The molecule has 4 heteroatoms. The quantitative estimate of drug-likeness (QED) is 0.763. The molecule has 0 radical (unpaired) electrons. The van der Waals surface area contributed by atoms with Crippen molar-refractivity contribution in [3.8, 4) is 0 Å². The van der Waals surface area contributed by atoms with Crippen molar-refractivity contribution in [1.29, 1.82) is 0 Å². The average molecular weight is 370 g/mol. The molecule has 0 unspecified atom stereocenters. The monoisotopic (exact) mass is 369 g/mol. The number of carbonyl (C=O) groups excluding carboxylic acids is 1. The molecule has 4 nitrogen and oxygen atoms in total. The number of hydrogen-bond donors (Lipinski definition) is 0. The fraction of sp³-hybridized carbons (Fsp3) is 0.783. The summed E-state index contributed by atoms with van der Waals surface area (Å²) in [7, 11) is 0. The van der Waals surface area contributed by atoms with Gasteiger partial charge in [-0.3, -0.25) is 4.79 Å². The number of likely N-dealkylation sites (tertiary alicyclic amines) is 1. The Hall–Kier alpha value is -1.29. The number of rotatable bonds is 5. The van der Waals surface area contributed by atoms with Crippen LogP contribution in [0.15, 0.2) is 12.4 Å². The summed E-state index contributed by atoms with van der Waals surface area (Å²) in [6, 6.07) is 0.764. The normalized spacial score (nSPS) is 31.9. The van der Waals surface area contributed by atoms with E-state index < -0.39 is 0 Å². The Morgan fingerprint density at radius 2 is 1.63 bits per heavy atom. The van der Waals surface area contributed by atoms with E-state index in [1.165, 1.54) is 44.3 Å². The molecule has 27 heavy (non-hydrogen) atoms. The van der Waals surface area contributed by atoms with Gasteiger partial charge in [0.05, 0.1) is 0 Å². The van der Waals surface area contributed by atoms with Gasteiger partial charge in [0.1, 0.15) is 11.6 Å². The second-order valence-electron chi connectivity index (χ2n) is 10.1. The van der Waals surface area contributed by atoms with Gasteiger partial charge in [0.2, 0.25) is 0 Å². The van der Waals surface area contributed by atoms with Gasteiger partial charge in [-0.15, -0.1) is 0 Å². The molecule has 1 aromatic rings. The minimum absolute atomic E-state index is 0.209. The van der Waals surface area contributed by atoms with Crippen LogP contribution in [0.4, 0.5) is 0 Å². The molecule has 148 valence electrons. The summed E-state index contributed by atoms with van der Waals surface area (Å²) < 4.78 is 0. The number of hydrogen-bond acceptors (Lipinski definition) is 4. The Morgan fingerprint density at radius 3 is 2.15 bits per heavy atom. The van der Waals surface area contributed by atoms with E-state index >= 15 is 0 Å². The summed E-state index contributed by atoms with van der Waals surface area (Å²) in [6.45, 7) is 10.8. The van der Waals surface area contributed by atoms with Crippen LogP contribution in [0.3, 0.4) is 0 Å². The minimum Gasteiger partial charge on any atom is -0.300 e. The lowest BCUT2D eigenvalue weighted by Crippen LogP contribution is -2.58. The van der Waals surface area contributed by atoms with Crippen LogP contribution in [0.2, 0.25) is 0 Å². The number of Topliss-reactive ketones (excluding diaryl/α,β-unsaturated/α-hetero) is 1. The lowest BCUT2D eigenvalue weighted by Gasteiger charge is -2.60. The first-order valence-electron chi connectivity index (χ1n) is 11.0. The first-order chi connectivity index (χ1) is 12.9. The first kappa shape index (κ1) is 19.0. The summed E-state index contributed by atoms with van der Waals surface area (Å²) in [5.41, 5.74) is 1.84. The smallest absolute Gasteiger partial charge is 0.138 e. The second kappa shape index (κ2) is 7.27. The van der Waals surface area contributed by atoms with Gasteiger partial charge in [-0.25, -0.2) is 9.97 Å². The Bertz CT molecular complexity index is 659. The fourth-order valence-corrected chi connectivity index (χ4v) is 5.64. The molecule has 1 aromatic heterocycles. The van der Waals surface area contributed by atoms with Crippen molar-refractivity contribution < 1.29 is 4.79 Å². The molecule has 3 fully saturated rings. The number of carbonyl (C=O) groups is 1. The Balaban J connectivity index is 1.23. The van der Waals surface area contributed by atoms with E-state index in [2.05, 4.69) is 41.1 Å². The standard InChI is InChI=1S/C23H35N3O/c1-15(2)21(27)18-9-23(10-18)11-20(12-23)26-7-5-17(6-8-26)19-13-24-22(16(3)4)25-14-19/h13-18,20H,5-12H2,1-4H3. The molecule has 0 amide bonds. The molecule has 0 bridgehead atoms. The highest BCUT2D eigenvalue weighted by Gasteiger charge is 2.55. The minimum atomic E-state index is 0.209.